The number of carbonyl (C=O) groups excluding carboxylic acids is 2. The van der Waals surface area contributed by atoms with Crippen molar-refractivity contribution in [2.75, 3.05) is 11.5 Å². The predicted octanol–water partition coefficient (Wildman–Crippen LogP) is 8.74. The van der Waals surface area contributed by atoms with Crippen molar-refractivity contribution in [1.29, 1.82) is 0 Å². The summed E-state index contributed by atoms with van der Waals surface area (Å²) in [5, 5.41) is 29.0. The number of fused-ring (bicyclic) bond motifs is 1. The van der Waals surface area contributed by atoms with Gasteiger partial charge in [-0.25, -0.2) is 9.97 Å². The van der Waals surface area contributed by atoms with Gasteiger partial charge in [-0.15, -0.1) is 45.3 Å². The molecule has 0 fully saturated rings. The number of nitrogens with two attached hydrogens (primary N) is 2. The zero-order valence-electron chi connectivity index (χ0n) is 25.4. The molecule has 12 nitrogen and oxygen atoms in total. The molecule has 7 aromatic rings. The molecule has 2 aromatic carbocycles. The number of carbonyl (C=O) groups is 2. The minimum Gasteiger partial charge on any atom is -0.397 e. The van der Waals surface area contributed by atoms with Gasteiger partial charge in [0.1, 0.15) is 17.1 Å². The molecule has 0 aliphatic rings. The second-order valence-corrected chi connectivity index (χ2v) is 13.2. The fourth-order valence-corrected chi connectivity index (χ4v) is 6.90. The lowest BCUT2D eigenvalue weighted by atomic mass is 10.2. The third-order valence-corrected chi connectivity index (χ3v) is 9.88. The summed E-state index contributed by atoms with van der Waals surface area (Å²) in [5.74, 6) is -0.829. The lowest BCUT2D eigenvalue weighted by Gasteiger charge is -2.07. The monoisotopic (exact) mass is 715 g/mol. The number of nitro groups is 2. The van der Waals surface area contributed by atoms with Crippen LogP contribution in [0.25, 0.3) is 32.2 Å². The van der Waals surface area contributed by atoms with Crippen LogP contribution >= 0.6 is 45.3 Å². The molecule has 0 radical (unpaired) electrons. The number of anilines is 2. The Kier molecular flexibility index (Phi) is 10.7. The summed E-state index contributed by atoms with van der Waals surface area (Å²) in [6.07, 6.45) is 0. The summed E-state index contributed by atoms with van der Waals surface area (Å²) in [4.78, 5) is 55.9. The Bertz CT molecular complexity index is 2160. The molecule has 0 atom stereocenters. The largest absolute Gasteiger partial charge is 1.00 e. The van der Waals surface area contributed by atoms with Crippen LogP contribution in [0, 0.1) is 20.2 Å². The zero-order chi connectivity index (χ0) is 34.2. The van der Waals surface area contributed by atoms with E-state index in [9.17, 15) is 29.8 Å². The van der Waals surface area contributed by atoms with Crippen LogP contribution in [0.15, 0.2) is 106 Å². The lowest BCUT2D eigenvalue weighted by molar-refractivity contribution is -0.383. The smallest absolute Gasteiger partial charge is 0.397 e. The molecule has 0 aliphatic heterocycles. The molecule has 5 heterocycles. The third-order valence-electron chi connectivity index (χ3n) is 6.39. The Hall–Kier alpha value is -5.68. The van der Waals surface area contributed by atoms with Crippen LogP contribution in [0.4, 0.5) is 22.7 Å². The van der Waals surface area contributed by atoms with Crippen molar-refractivity contribution in [1.82, 2.24) is 9.97 Å². The maximum atomic E-state index is 11.6. The Morgan fingerprint density at radius 1 is 0.604 bits per heavy atom. The van der Waals surface area contributed by atoms with Gasteiger partial charge in [0.15, 0.2) is 5.52 Å². The summed E-state index contributed by atoms with van der Waals surface area (Å²) in [7, 11) is 0. The molecule has 0 saturated heterocycles. The van der Waals surface area contributed by atoms with Gasteiger partial charge >= 0.3 is 1.43 Å². The lowest BCUT2D eigenvalue weighted by Crippen LogP contribution is -2.11. The number of para-hydroxylation sites is 2. The topological polar surface area (TPSA) is 198 Å². The summed E-state index contributed by atoms with van der Waals surface area (Å²) in [6, 6.07) is 23.8. The van der Waals surface area contributed by atoms with Crippen LogP contribution in [0.5, 0.6) is 0 Å². The van der Waals surface area contributed by atoms with E-state index in [-0.39, 0.29) is 24.2 Å². The summed E-state index contributed by atoms with van der Waals surface area (Å²) in [6.45, 7) is 0. The van der Waals surface area contributed by atoms with Crippen LogP contribution in [0.1, 0.15) is 20.8 Å². The number of nitrogens with zero attached hydrogens (tertiary/aromatic N) is 4. The molecule has 0 saturated carbocycles. The molecule has 0 aliphatic carbocycles. The highest BCUT2D eigenvalue weighted by atomic mass is 32.1. The van der Waals surface area contributed by atoms with E-state index in [4.69, 9.17) is 11.5 Å². The van der Waals surface area contributed by atoms with E-state index in [0.717, 1.165) is 15.4 Å². The first kappa shape index (κ1) is 33.7. The second kappa shape index (κ2) is 15.3. The molecular weight excluding hydrogens is 693 g/mol. The average Bonchev–Trinajstić information content (AvgIpc) is 3.93. The molecule has 0 unspecified atom stereocenters. The summed E-state index contributed by atoms with van der Waals surface area (Å²) < 4.78 is 0. The van der Waals surface area contributed by atoms with Crippen molar-refractivity contribution in [3.05, 3.63) is 136 Å². The Balaban J connectivity index is 0.000000179. The average molecular weight is 716 g/mol. The van der Waals surface area contributed by atoms with Crippen LogP contribution in [-0.4, -0.2) is 31.4 Å². The van der Waals surface area contributed by atoms with Gasteiger partial charge in [-0.05, 0) is 57.9 Å². The SMILES string of the molecule is Nc1cccc([N+](=O)[O-])c1N.O=C(C(=O)c1cccs1)c1cccs1.O=[N+]([O-])c1cccc2nc(-c3cccs3)c(-c3cccs3)nc12.[H+]. The van der Waals surface area contributed by atoms with Gasteiger partial charge in [-0.3, -0.25) is 29.8 Å². The van der Waals surface area contributed by atoms with Crippen molar-refractivity contribution in [3.8, 4) is 21.1 Å². The van der Waals surface area contributed by atoms with Gasteiger partial charge in [0.25, 0.3) is 11.4 Å². The highest BCUT2D eigenvalue weighted by Crippen LogP contribution is 2.37. The number of nitrogen functional groups attached to an aromatic ring is 2. The maximum absolute atomic E-state index is 11.6. The molecule has 0 spiro atoms. The minimum absolute atomic E-state index is 0. The van der Waals surface area contributed by atoms with Gasteiger partial charge < -0.3 is 11.5 Å². The molecule has 0 bridgehead atoms. The molecular formula is C32H23N6O6S4+. The number of aromatic nitrogens is 2. The first-order valence-electron chi connectivity index (χ1n) is 13.6. The van der Waals surface area contributed by atoms with Crippen LogP contribution < -0.4 is 11.5 Å². The van der Waals surface area contributed by atoms with Crippen molar-refractivity contribution in [3.63, 3.8) is 0 Å². The quantitative estimate of drug-likeness (QED) is 0.0529. The molecule has 4 N–H and O–H groups in total. The van der Waals surface area contributed by atoms with E-state index in [1.54, 1.807) is 69.8 Å². The molecule has 5 aromatic heterocycles. The number of rotatable bonds is 7. The number of Topliss-reactive ketones (excluding diaryl/α,β-unsaturated/α-hetero) is 2. The van der Waals surface area contributed by atoms with Crippen molar-refractivity contribution in [2.24, 2.45) is 0 Å². The molecule has 7 rings (SSSR count). The van der Waals surface area contributed by atoms with Crippen LogP contribution in [0.3, 0.4) is 0 Å². The van der Waals surface area contributed by atoms with E-state index in [1.165, 1.54) is 46.9 Å². The Labute approximate surface area is 289 Å². The van der Waals surface area contributed by atoms with Crippen LogP contribution in [0.2, 0.25) is 0 Å². The van der Waals surface area contributed by atoms with Gasteiger partial charge in [-0.2, -0.15) is 0 Å². The number of non-ortho nitro benzene ring substituents is 1. The fraction of sp³-hybridized carbons (Fsp3) is 0. The number of ketones is 2. The van der Waals surface area contributed by atoms with E-state index in [0.29, 0.717) is 26.5 Å². The first-order valence-corrected chi connectivity index (χ1v) is 17.1. The Morgan fingerprint density at radius 2 is 1.08 bits per heavy atom. The Morgan fingerprint density at radius 3 is 1.54 bits per heavy atom. The normalized spacial score (nSPS) is 10.3. The van der Waals surface area contributed by atoms with Crippen LogP contribution in [-0.2, 0) is 0 Å². The molecule has 240 valence electrons. The molecule has 48 heavy (non-hydrogen) atoms. The highest BCUT2D eigenvalue weighted by molar-refractivity contribution is 7.15. The van der Waals surface area contributed by atoms with Crippen molar-refractivity contribution >= 4 is 90.7 Å². The van der Waals surface area contributed by atoms with E-state index >= 15 is 0 Å². The maximum Gasteiger partial charge on any atom is 1.00 e. The second-order valence-electron chi connectivity index (χ2n) is 9.43. The first-order chi connectivity index (χ1) is 23.2. The van der Waals surface area contributed by atoms with Gasteiger partial charge in [0, 0.05) is 12.1 Å². The number of thiophene rings is 4. The van der Waals surface area contributed by atoms with Gasteiger partial charge in [0.05, 0.1) is 40.6 Å². The van der Waals surface area contributed by atoms with E-state index in [1.807, 2.05) is 35.0 Å². The number of benzene rings is 2. The zero-order valence-corrected chi connectivity index (χ0v) is 27.7. The van der Waals surface area contributed by atoms with Crippen molar-refractivity contribution in [2.45, 2.75) is 0 Å². The van der Waals surface area contributed by atoms with E-state index in [2.05, 4.69) is 9.97 Å². The van der Waals surface area contributed by atoms with Gasteiger partial charge in [-0.1, -0.05) is 36.4 Å². The minimum atomic E-state index is -0.564. The third kappa shape index (κ3) is 7.64. The highest BCUT2D eigenvalue weighted by Gasteiger charge is 2.21. The molecule has 0 amide bonds. The number of hydrogen-bond donors (Lipinski definition) is 2. The summed E-state index contributed by atoms with van der Waals surface area (Å²) in [5.41, 5.74) is 13.0. The summed E-state index contributed by atoms with van der Waals surface area (Å²) >= 11 is 5.70. The number of nitro benzene ring substituents is 2. The number of hydrogen-bond acceptors (Lipinski definition) is 14. The predicted molar refractivity (Wildman–Crippen MR) is 193 cm³/mol. The van der Waals surface area contributed by atoms with Gasteiger partial charge in [0.2, 0.25) is 11.6 Å². The molecule has 16 heteroatoms. The van der Waals surface area contributed by atoms with Crippen molar-refractivity contribution < 1.29 is 20.9 Å². The van der Waals surface area contributed by atoms with E-state index < -0.39 is 21.4 Å². The fourth-order valence-electron chi connectivity index (χ4n) is 4.15. The standard InChI is InChI=1S/C16H9N3O2S2.C10H6O2S2.C6H7N3O2/c20-19(21)11-5-1-4-10-14(11)18-16(13-7-3-9-23-13)15(17-10)12-6-2-8-22-12;11-9(7-3-1-5-13-7)10(12)8-4-2-6-14-8;7-4-2-1-3-5(6(4)8)9(10)11/h1-9H;1-6H;1-3H,7-8H2/p+1.